The Balaban J connectivity index is 1.84. The van der Waals surface area contributed by atoms with Gasteiger partial charge in [0.15, 0.2) is 5.75 Å². The molecule has 1 aliphatic rings. The molecule has 21 heavy (non-hydrogen) atoms. The number of rotatable bonds is 6. The molecule has 0 radical (unpaired) electrons. The molecule has 0 aliphatic carbocycles. The Morgan fingerprint density at radius 3 is 2.95 bits per heavy atom. The number of ether oxygens (including phenoxy) is 1. The van der Waals surface area contributed by atoms with Crippen molar-refractivity contribution in [3.8, 4) is 5.75 Å². The van der Waals surface area contributed by atoms with Crippen LogP contribution in [0.1, 0.15) is 12.8 Å². The van der Waals surface area contributed by atoms with E-state index in [0.29, 0.717) is 0 Å². The van der Waals surface area contributed by atoms with E-state index in [1.165, 1.54) is 12.1 Å². The Morgan fingerprint density at radius 2 is 2.29 bits per heavy atom. The summed E-state index contributed by atoms with van der Waals surface area (Å²) < 4.78 is 5.38. The van der Waals surface area contributed by atoms with Gasteiger partial charge in [0.2, 0.25) is 5.91 Å². The SMILES string of the molecule is CN(C(=O)CCOc1ccccc1[N+](=O)[O-])C1CCNC1. The molecule has 0 spiro atoms. The van der Waals surface area contributed by atoms with Gasteiger partial charge in [0, 0.05) is 25.7 Å². The molecule has 7 heteroatoms. The van der Waals surface area contributed by atoms with Gasteiger partial charge in [-0.1, -0.05) is 12.1 Å². The van der Waals surface area contributed by atoms with E-state index in [0.717, 1.165) is 19.5 Å². The van der Waals surface area contributed by atoms with Crippen LogP contribution >= 0.6 is 0 Å². The molecular formula is C14H19N3O4. The van der Waals surface area contributed by atoms with Crippen molar-refractivity contribution in [1.29, 1.82) is 0 Å². The quantitative estimate of drug-likeness (QED) is 0.629. The summed E-state index contributed by atoms with van der Waals surface area (Å²) in [5.41, 5.74) is -0.0849. The third kappa shape index (κ3) is 3.91. The van der Waals surface area contributed by atoms with Crippen LogP contribution in [0.2, 0.25) is 0 Å². The van der Waals surface area contributed by atoms with Gasteiger partial charge in [-0.3, -0.25) is 14.9 Å². The lowest BCUT2D eigenvalue weighted by atomic mass is 10.2. The van der Waals surface area contributed by atoms with Crippen molar-refractivity contribution in [3.05, 3.63) is 34.4 Å². The normalized spacial score (nSPS) is 17.5. The summed E-state index contributed by atoms with van der Waals surface area (Å²) in [5.74, 6) is 0.183. The summed E-state index contributed by atoms with van der Waals surface area (Å²) >= 11 is 0. The van der Waals surface area contributed by atoms with Crippen molar-refractivity contribution in [1.82, 2.24) is 10.2 Å². The minimum atomic E-state index is -0.493. The summed E-state index contributed by atoms with van der Waals surface area (Å²) in [5, 5.41) is 14.1. The number of benzene rings is 1. The second kappa shape index (κ2) is 7.03. The highest BCUT2D eigenvalue weighted by Gasteiger charge is 2.23. The highest BCUT2D eigenvalue weighted by Crippen LogP contribution is 2.25. The zero-order valence-corrected chi connectivity index (χ0v) is 11.9. The van der Waals surface area contributed by atoms with Crippen LogP contribution in [0, 0.1) is 10.1 Å². The number of hydrogen-bond acceptors (Lipinski definition) is 5. The van der Waals surface area contributed by atoms with Gasteiger partial charge in [-0.2, -0.15) is 0 Å². The average molecular weight is 293 g/mol. The van der Waals surface area contributed by atoms with E-state index in [1.54, 1.807) is 24.1 Å². The van der Waals surface area contributed by atoms with Crippen molar-refractivity contribution in [2.75, 3.05) is 26.7 Å². The number of para-hydroxylation sites is 2. The maximum atomic E-state index is 12.0. The lowest BCUT2D eigenvalue weighted by Crippen LogP contribution is -2.38. The van der Waals surface area contributed by atoms with Crippen LogP contribution in [0.25, 0.3) is 0 Å². The van der Waals surface area contributed by atoms with Crippen molar-refractivity contribution >= 4 is 11.6 Å². The number of nitrogens with zero attached hydrogens (tertiary/aromatic N) is 2. The third-order valence-corrected chi connectivity index (χ3v) is 3.61. The van der Waals surface area contributed by atoms with Crippen molar-refractivity contribution < 1.29 is 14.5 Å². The monoisotopic (exact) mass is 293 g/mol. The molecule has 1 aliphatic heterocycles. The minimum Gasteiger partial charge on any atom is -0.486 e. The van der Waals surface area contributed by atoms with Crippen LogP contribution in [0.4, 0.5) is 5.69 Å². The Bertz CT molecular complexity index is 515. The molecule has 0 saturated carbocycles. The Hall–Kier alpha value is -2.15. The Kier molecular flexibility index (Phi) is 5.10. The topological polar surface area (TPSA) is 84.7 Å². The van der Waals surface area contributed by atoms with Gasteiger partial charge < -0.3 is 15.0 Å². The molecule has 1 unspecified atom stereocenters. The van der Waals surface area contributed by atoms with E-state index in [9.17, 15) is 14.9 Å². The molecule has 1 fully saturated rings. The first kappa shape index (κ1) is 15.2. The highest BCUT2D eigenvalue weighted by atomic mass is 16.6. The molecule has 1 atom stereocenters. The van der Waals surface area contributed by atoms with Gasteiger partial charge in [0.1, 0.15) is 0 Å². The van der Waals surface area contributed by atoms with Gasteiger partial charge in [0.25, 0.3) is 0 Å². The van der Waals surface area contributed by atoms with Gasteiger partial charge in [0.05, 0.1) is 18.0 Å². The lowest BCUT2D eigenvalue weighted by Gasteiger charge is -2.23. The summed E-state index contributed by atoms with van der Waals surface area (Å²) in [7, 11) is 1.78. The van der Waals surface area contributed by atoms with Crippen LogP contribution in [0.5, 0.6) is 5.75 Å². The highest BCUT2D eigenvalue weighted by molar-refractivity contribution is 5.76. The average Bonchev–Trinajstić information content (AvgIpc) is 3.00. The largest absolute Gasteiger partial charge is 0.486 e. The maximum absolute atomic E-state index is 12.0. The van der Waals surface area contributed by atoms with Crippen molar-refractivity contribution in [2.45, 2.75) is 18.9 Å². The summed E-state index contributed by atoms with van der Waals surface area (Å²) in [6.45, 7) is 1.87. The van der Waals surface area contributed by atoms with Gasteiger partial charge in [-0.15, -0.1) is 0 Å². The number of carbonyl (C=O) groups is 1. The standard InChI is InChI=1S/C14H19N3O4/c1-16(11-6-8-15-10-11)14(18)7-9-21-13-5-3-2-4-12(13)17(19)20/h2-5,11,15H,6-10H2,1H3. The molecular weight excluding hydrogens is 274 g/mol. The minimum absolute atomic E-state index is 0.0118. The van der Waals surface area contributed by atoms with Crippen LogP contribution in [-0.2, 0) is 4.79 Å². The summed E-state index contributed by atoms with van der Waals surface area (Å²) in [6, 6.07) is 6.39. The second-order valence-corrected chi connectivity index (χ2v) is 4.97. The van der Waals surface area contributed by atoms with Crippen LogP contribution in [0.15, 0.2) is 24.3 Å². The molecule has 114 valence electrons. The molecule has 0 aromatic heterocycles. The number of amides is 1. The van der Waals surface area contributed by atoms with E-state index >= 15 is 0 Å². The van der Waals surface area contributed by atoms with E-state index in [-0.39, 0.29) is 36.4 Å². The molecule has 2 rings (SSSR count). The van der Waals surface area contributed by atoms with E-state index in [2.05, 4.69) is 5.32 Å². The molecule has 1 amide bonds. The van der Waals surface area contributed by atoms with Crippen LogP contribution in [0.3, 0.4) is 0 Å². The second-order valence-electron chi connectivity index (χ2n) is 4.97. The number of hydrogen-bond donors (Lipinski definition) is 1. The fourth-order valence-electron chi connectivity index (χ4n) is 2.33. The predicted molar refractivity (Wildman–Crippen MR) is 77.3 cm³/mol. The first-order valence-corrected chi connectivity index (χ1v) is 6.92. The number of nitro benzene ring substituents is 1. The zero-order valence-electron chi connectivity index (χ0n) is 11.9. The van der Waals surface area contributed by atoms with E-state index in [4.69, 9.17) is 4.74 Å². The number of likely N-dealkylation sites (N-methyl/N-ethyl adjacent to an activating group) is 1. The van der Waals surface area contributed by atoms with Gasteiger partial charge >= 0.3 is 5.69 Å². The molecule has 1 saturated heterocycles. The van der Waals surface area contributed by atoms with E-state index in [1.807, 2.05) is 0 Å². The zero-order chi connectivity index (χ0) is 15.2. The number of nitrogens with one attached hydrogen (secondary N) is 1. The Morgan fingerprint density at radius 1 is 1.52 bits per heavy atom. The predicted octanol–water partition coefficient (Wildman–Crippen LogP) is 1.18. The van der Waals surface area contributed by atoms with Gasteiger partial charge in [-0.05, 0) is 19.0 Å². The van der Waals surface area contributed by atoms with Crippen molar-refractivity contribution in [2.24, 2.45) is 0 Å². The first-order chi connectivity index (χ1) is 10.1. The molecule has 7 nitrogen and oxygen atoms in total. The van der Waals surface area contributed by atoms with Crippen LogP contribution in [-0.4, -0.2) is 48.5 Å². The van der Waals surface area contributed by atoms with Gasteiger partial charge in [-0.25, -0.2) is 0 Å². The number of nitro groups is 1. The smallest absolute Gasteiger partial charge is 0.310 e. The maximum Gasteiger partial charge on any atom is 0.310 e. The molecule has 1 N–H and O–H groups in total. The number of carbonyl (C=O) groups excluding carboxylic acids is 1. The lowest BCUT2D eigenvalue weighted by molar-refractivity contribution is -0.385. The molecule has 1 heterocycles. The third-order valence-electron chi connectivity index (χ3n) is 3.61. The molecule has 0 bridgehead atoms. The van der Waals surface area contributed by atoms with Crippen LogP contribution < -0.4 is 10.1 Å². The van der Waals surface area contributed by atoms with Crippen molar-refractivity contribution in [3.63, 3.8) is 0 Å². The summed E-state index contributed by atoms with van der Waals surface area (Å²) in [6.07, 6.45) is 1.16. The fraction of sp³-hybridized carbons (Fsp3) is 0.500. The summed E-state index contributed by atoms with van der Waals surface area (Å²) in [4.78, 5) is 24.1. The molecule has 1 aromatic carbocycles. The molecule has 1 aromatic rings. The van der Waals surface area contributed by atoms with E-state index < -0.39 is 4.92 Å². The first-order valence-electron chi connectivity index (χ1n) is 6.92. The Labute approximate surface area is 123 Å². The fourth-order valence-corrected chi connectivity index (χ4v) is 2.33.